The first-order chi connectivity index (χ1) is 10.6. The molecule has 6 heteroatoms. The van der Waals surface area contributed by atoms with E-state index in [1.54, 1.807) is 12.0 Å². The molecule has 1 aliphatic heterocycles. The first-order valence-corrected chi connectivity index (χ1v) is 7.43. The highest BCUT2D eigenvalue weighted by Crippen LogP contribution is 2.14. The van der Waals surface area contributed by atoms with E-state index in [0.29, 0.717) is 31.7 Å². The summed E-state index contributed by atoms with van der Waals surface area (Å²) in [6.07, 6.45) is 1.81. The first-order valence-electron chi connectivity index (χ1n) is 7.43. The van der Waals surface area contributed by atoms with Crippen LogP contribution in [0.4, 0.5) is 4.39 Å². The molecule has 1 heterocycles. The number of amides is 2. The standard InChI is InChI=1S/C16H21FN2O3/c1-22-11-8-15(20)18-14-6-9-19(10-7-14)16(21)12-2-4-13(17)5-3-12/h2-5,14H,6-11H2,1H3,(H,18,20). The molecule has 1 aromatic carbocycles. The van der Waals surface area contributed by atoms with Crippen LogP contribution in [0.3, 0.4) is 0 Å². The SMILES string of the molecule is COCCC(=O)NC1CCN(C(=O)c2ccc(F)cc2)CC1. The maximum atomic E-state index is 12.9. The number of hydrogen-bond donors (Lipinski definition) is 1. The number of likely N-dealkylation sites (tertiary alicyclic amines) is 1. The van der Waals surface area contributed by atoms with E-state index in [2.05, 4.69) is 5.32 Å². The fraction of sp³-hybridized carbons (Fsp3) is 0.500. The quantitative estimate of drug-likeness (QED) is 0.898. The molecule has 1 saturated heterocycles. The second-order valence-corrected chi connectivity index (χ2v) is 5.38. The number of ether oxygens (including phenoxy) is 1. The molecule has 2 rings (SSSR count). The maximum absolute atomic E-state index is 12.9. The number of rotatable bonds is 5. The highest BCUT2D eigenvalue weighted by atomic mass is 19.1. The molecule has 0 radical (unpaired) electrons. The Morgan fingerprint density at radius 2 is 1.91 bits per heavy atom. The zero-order valence-electron chi connectivity index (χ0n) is 12.7. The lowest BCUT2D eigenvalue weighted by Gasteiger charge is -2.32. The average molecular weight is 308 g/mol. The molecule has 0 aliphatic carbocycles. The van der Waals surface area contributed by atoms with Gasteiger partial charge < -0.3 is 15.0 Å². The minimum absolute atomic E-state index is 0.0230. The van der Waals surface area contributed by atoms with Crippen LogP contribution in [0.25, 0.3) is 0 Å². The molecule has 1 fully saturated rings. The summed E-state index contributed by atoms with van der Waals surface area (Å²) in [6, 6.07) is 5.67. The van der Waals surface area contributed by atoms with Crippen LogP contribution >= 0.6 is 0 Å². The summed E-state index contributed by atoms with van der Waals surface area (Å²) in [6.45, 7) is 1.59. The van der Waals surface area contributed by atoms with Crippen molar-refractivity contribution < 1.29 is 18.7 Å². The summed E-state index contributed by atoms with van der Waals surface area (Å²) in [4.78, 5) is 25.7. The number of halogens is 1. The molecule has 2 amide bonds. The maximum Gasteiger partial charge on any atom is 0.253 e. The van der Waals surface area contributed by atoms with Crippen molar-refractivity contribution in [3.05, 3.63) is 35.6 Å². The van der Waals surface area contributed by atoms with Crippen LogP contribution in [0.1, 0.15) is 29.6 Å². The summed E-state index contributed by atoms with van der Waals surface area (Å²) in [5, 5.41) is 2.95. The Morgan fingerprint density at radius 1 is 1.27 bits per heavy atom. The number of methoxy groups -OCH3 is 1. The monoisotopic (exact) mass is 308 g/mol. The fourth-order valence-corrected chi connectivity index (χ4v) is 2.50. The van der Waals surface area contributed by atoms with E-state index in [0.717, 1.165) is 12.8 Å². The number of piperidine rings is 1. The second kappa shape index (κ2) is 7.89. The Bertz CT molecular complexity index is 511. The molecule has 1 aliphatic rings. The van der Waals surface area contributed by atoms with E-state index in [4.69, 9.17) is 4.74 Å². The Hall–Kier alpha value is -1.95. The van der Waals surface area contributed by atoms with Crippen LogP contribution in [0.2, 0.25) is 0 Å². The van der Waals surface area contributed by atoms with E-state index >= 15 is 0 Å². The number of nitrogens with zero attached hydrogens (tertiary/aromatic N) is 1. The van der Waals surface area contributed by atoms with Gasteiger partial charge in [-0.3, -0.25) is 9.59 Å². The number of benzene rings is 1. The van der Waals surface area contributed by atoms with Crippen molar-refractivity contribution in [2.75, 3.05) is 26.8 Å². The van der Waals surface area contributed by atoms with E-state index in [-0.39, 0.29) is 23.7 Å². The van der Waals surface area contributed by atoms with Crippen LogP contribution < -0.4 is 5.32 Å². The third-order valence-electron chi connectivity index (χ3n) is 3.77. The number of nitrogens with one attached hydrogen (secondary N) is 1. The van der Waals surface area contributed by atoms with Gasteiger partial charge in [-0.2, -0.15) is 0 Å². The predicted octanol–water partition coefficient (Wildman–Crippen LogP) is 1.58. The zero-order chi connectivity index (χ0) is 15.9. The minimum Gasteiger partial charge on any atom is -0.384 e. The van der Waals surface area contributed by atoms with Gasteiger partial charge in [0.15, 0.2) is 0 Å². The van der Waals surface area contributed by atoms with Crippen LogP contribution in [-0.2, 0) is 9.53 Å². The predicted molar refractivity (Wildman–Crippen MR) is 80.0 cm³/mol. The van der Waals surface area contributed by atoms with E-state index in [1.807, 2.05) is 0 Å². The van der Waals surface area contributed by atoms with Gasteiger partial charge in [0, 0.05) is 38.2 Å². The largest absolute Gasteiger partial charge is 0.384 e. The summed E-state index contributed by atoms with van der Waals surface area (Å²) in [5.74, 6) is -0.469. The molecular formula is C16H21FN2O3. The fourth-order valence-electron chi connectivity index (χ4n) is 2.50. The molecule has 0 bridgehead atoms. The molecular weight excluding hydrogens is 287 g/mol. The lowest BCUT2D eigenvalue weighted by Crippen LogP contribution is -2.46. The van der Waals surface area contributed by atoms with Crippen LogP contribution in [-0.4, -0.2) is 49.6 Å². The third kappa shape index (κ3) is 4.53. The van der Waals surface area contributed by atoms with Crippen molar-refractivity contribution in [1.82, 2.24) is 10.2 Å². The zero-order valence-corrected chi connectivity index (χ0v) is 12.7. The number of hydrogen-bond acceptors (Lipinski definition) is 3. The van der Waals surface area contributed by atoms with Gasteiger partial charge in [0.25, 0.3) is 5.91 Å². The molecule has 0 atom stereocenters. The van der Waals surface area contributed by atoms with E-state index in [1.165, 1.54) is 24.3 Å². The summed E-state index contributed by atoms with van der Waals surface area (Å²) >= 11 is 0. The summed E-state index contributed by atoms with van der Waals surface area (Å²) in [5.41, 5.74) is 0.490. The molecule has 0 unspecified atom stereocenters. The van der Waals surface area contributed by atoms with Gasteiger partial charge in [0.05, 0.1) is 6.61 Å². The molecule has 0 saturated carbocycles. The van der Waals surface area contributed by atoms with Crippen molar-refractivity contribution in [2.45, 2.75) is 25.3 Å². The third-order valence-corrected chi connectivity index (χ3v) is 3.77. The van der Waals surface area contributed by atoms with Gasteiger partial charge in [-0.05, 0) is 37.1 Å². The number of carbonyl (C=O) groups excluding carboxylic acids is 2. The molecule has 22 heavy (non-hydrogen) atoms. The topological polar surface area (TPSA) is 58.6 Å². The van der Waals surface area contributed by atoms with E-state index in [9.17, 15) is 14.0 Å². The van der Waals surface area contributed by atoms with Gasteiger partial charge in [0.2, 0.25) is 5.91 Å². The highest BCUT2D eigenvalue weighted by Gasteiger charge is 2.24. The Morgan fingerprint density at radius 3 is 2.50 bits per heavy atom. The normalized spacial score (nSPS) is 15.6. The smallest absolute Gasteiger partial charge is 0.253 e. The summed E-state index contributed by atoms with van der Waals surface area (Å²) < 4.78 is 17.7. The van der Waals surface area contributed by atoms with Crippen LogP contribution in [0.15, 0.2) is 24.3 Å². The van der Waals surface area contributed by atoms with Crippen molar-refractivity contribution in [3.63, 3.8) is 0 Å². The highest BCUT2D eigenvalue weighted by molar-refractivity contribution is 5.94. The van der Waals surface area contributed by atoms with Gasteiger partial charge in [-0.25, -0.2) is 4.39 Å². The van der Waals surface area contributed by atoms with Gasteiger partial charge >= 0.3 is 0 Å². The Labute approximate surface area is 129 Å². The lowest BCUT2D eigenvalue weighted by molar-refractivity contribution is -0.122. The van der Waals surface area contributed by atoms with Crippen molar-refractivity contribution in [1.29, 1.82) is 0 Å². The van der Waals surface area contributed by atoms with Crippen molar-refractivity contribution in [3.8, 4) is 0 Å². The molecule has 5 nitrogen and oxygen atoms in total. The lowest BCUT2D eigenvalue weighted by atomic mass is 10.0. The first kappa shape index (κ1) is 16.4. The average Bonchev–Trinajstić information content (AvgIpc) is 2.54. The molecule has 0 aromatic heterocycles. The second-order valence-electron chi connectivity index (χ2n) is 5.38. The number of carbonyl (C=O) groups is 2. The van der Waals surface area contributed by atoms with Crippen LogP contribution in [0, 0.1) is 5.82 Å². The molecule has 0 spiro atoms. The molecule has 120 valence electrons. The van der Waals surface area contributed by atoms with Crippen molar-refractivity contribution in [2.24, 2.45) is 0 Å². The van der Waals surface area contributed by atoms with E-state index < -0.39 is 0 Å². The van der Waals surface area contributed by atoms with Gasteiger partial charge in [-0.1, -0.05) is 0 Å². The Kier molecular flexibility index (Phi) is 5.89. The van der Waals surface area contributed by atoms with Crippen LogP contribution in [0.5, 0.6) is 0 Å². The minimum atomic E-state index is -0.353. The Balaban J connectivity index is 1.80. The van der Waals surface area contributed by atoms with Gasteiger partial charge in [0.1, 0.15) is 5.82 Å². The molecule has 1 N–H and O–H groups in total. The van der Waals surface area contributed by atoms with Crippen molar-refractivity contribution >= 4 is 11.8 Å². The molecule has 1 aromatic rings. The van der Waals surface area contributed by atoms with Gasteiger partial charge in [-0.15, -0.1) is 0 Å². The summed E-state index contributed by atoms with van der Waals surface area (Å²) in [7, 11) is 1.56.